The molecule has 1 atom stereocenters. The van der Waals surface area contributed by atoms with E-state index in [1.165, 1.54) is 25.7 Å². The standard InChI is InChI=1S/C19H37N3O3/c1-2-3-4-5-6-8-12-17(23)22-16-11-13-18(22)25-19(24)21-15-10-7-9-14-20/h18H,2-16,20H2,1H3,(H,21,24)/t18-/m0/s1. The smallest absolute Gasteiger partial charge is 0.409 e. The highest BCUT2D eigenvalue weighted by atomic mass is 16.6. The summed E-state index contributed by atoms with van der Waals surface area (Å²) in [6.45, 7) is 4.18. The molecule has 0 radical (unpaired) electrons. The number of hydrogen-bond acceptors (Lipinski definition) is 4. The van der Waals surface area contributed by atoms with E-state index in [4.69, 9.17) is 10.5 Å². The predicted octanol–water partition coefficient (Wildman–Crippen LogP) is 3.54. The first-order valence-corrected chi connectivity index (χ1v) is 10.1. The van der Waals surface area contributed by atoms with Crippen molar-refractivity contribution < 1.29 is 14.3 Å². The lowest BCUT2D eigenvalue weighted by Gasteiger charge is -2.24. The van der Waals surface area contributed by atoms with Gasteiger partial charge >= 0.3 is 6.09 Å². The van der Waals surface area contributed by atoms with E-state index in [0.717, 1.165) is 44.9 Å². The molecule has 0 aromatic carbocycles. The van der Waals surface area contributed by atoms with Gasteiger partial charge in [0.25, 0.3) is 0 Å². The van der Waals surface area contributed by atoms with Crippen molar-refractivity contribution >= 4 is 12.0 Å². The van der Waals surface area contributed by atoms with Crippen LogP contribution in [0.25, 0.3) is 0 Å². The maximum atomic E-state index is 12.4. The molecule has 0 saturated carbocycles. The van der Waals surface area contributed by atoms with Crippen LogP contribution in [0, 0.1) is 0 Å². The Balaban J connectivity index is 2.19. The molecule has 0 aromatic rings. The number of likely N-dealkylation sites (tertiary alicyclic amines) is 1. The Kier molecular flexibility index (Phi) is 12.1. The second kappa shape index (κ2) is 13.9. The number of amides is 2. The Morgan fingerprint density at radius 3 is 2.56 bits per heavy atom. The molecule has 1 heterocycles. The minimum Gasteiger partial charge on any atom is -0.425 e. The maximum absolute atomic E-state index is 12.4. The molecule has 3 N–H and O–H groups in total. The van der Waals surface area contributed by atoms with Gasteiger partial charge in [-0.3, -0.25) is 4.79 Å². The molecule has 0 aliphatic carbocycles. The summed E-state index contributed by atoms with van der Waals surface area (Å²) in [6.07, 6.45) is 11.3. The SMILES string of the molecule is CCCCCCCCC(=O)N1CCC[C@@H]1OC(=O)NCCCCCN. The second-order valence-electron chi connectivity index (χ2n) is 6.88. The Morgan fingerprint density at radius 1 is 1.08 bits per heavy atom. The molecule has 0 spiro atoms. The molecule has 1 fully saturated rings. The minimum atomic E-state index is -0.419. The summed E-state index contributed by atoms with van der Waals surface area (Å²) in [4.78, 5) is 26.0. The van der Waals surface area contributed by atoms with Gasteiger partial charge in [-0.05, 0) is 32.2 Å². The van der Waals surface area contributed by atoms with Crippen LogP contribution in [-0.2, 0) is 9.53 Å². The first kappa shape index (κ1) is 21.7. The third-order valence-electron chi connectivity index (χ3n) is 4.66. The molecule has 25 heavy (non-hydrogen) atoms. The highest BCUT2D eigenvalue weighted by Gasteiger charge is 2.31. The zero-order valence-electron chi connectivity index (χ0n) is 15.9. The molecule has 6 nitrogen and oxygen atoms in total. The second-order valence-corrected chi connectivity index (χ2v) is 6.88. The lowest BCUT2D eigenvalue weighted by molar-refractivity contribution is -0.138. The van der Waals surface area contributed by atoms with Gasteiger partial charge in [0.2, 0.25) is 5.91 Å². The normalized spacial score (nSPS) is 16.9. The monoisotopic (exact) mass is 355 g/mol. The van der Waals surface area contributed by atoms with Crippen LogP contribution < -0.4 is 11.1 Å². The van der Waals surface area contributed by atoms with Crippen molar-refractivity contribution in [3.63, 3.8) is 0 Å². The van der Waals surface area contributed by atoms with Gasteiger partial charge in [0.1, 0.15) is 0 Å². The van der Waals surface area contributed by atoms with Gasteiger partial charge < -0.3 is 20.7 Å². The number of hydrogen-bond donors (Lipinski definition) is 2. The van der Waals surface area contributed by atoms with Crippen LogP contribution in [0.4, 0.5) is 4.79 Å². The average Bonchev–Trinajstić information content (AvgIpc) is 3.05. The highest BCUT2D eigenvalue weighted by Crippen LogP contribution is 2.20. The van der Waals surface area contributed by atoms with Gasteiger partial charge in [-0.2, -0.15) is 0 Å². The predicted molar refractivity (Wildman–Crippen MR) is 100 cm³/mol. The van der Waals surface area contributed by atoms with E-state index in [0.29, 0.717) is 26.1 Å². The van der Waals surface area contributed by atoms with Crippen LogP contribution in [0.2, 0.25) is 0 Å². The van der Waals surface area contributed by atoms with Gasteiger partial charge in [0.15, 0.2) is 6.23 Å². The summed E-state index contributed by atoms with van der Waals surface area (Å²) in [5.41, 5.74) is 5.44. The molecular weight excluding hydrogens is 318 g/mol. The van der Waals surface area contributed by atoms with E-state index in [1.807, 2.05) is 0 Å². The van der Waals surface area contributed by atoms with Crippen LogP contribution >= 0.6 is 0 Å². The van der Waals surface area contributed by atoms with E-state index >= 15 is 0 Å². The van der Waals surface area contributed by atoms with Crippen molar-refractivity contribution in [2.24, 2.45) is 5.73 Å². The number of carbonyl (C=O) groups excluding carboxylic acids is 2. The first-order valence-electron chi connectivity index (χ1n) is 10.1. The molecule has 146 valence electrons. The Hall–Kier alpha value is -1.30. The first-order chi connectivity index (χ1) is 12.2. The summed E-state index contributed by atoms with van der Waals surface area (Å²) in [5.74, 6) is 0.119. The van der Waals surface area contributed by atoms with Gasteiger partial charge in [-0.1, -0.05) is 45.4 Å². The van der Waals surface area contributed by atoms with Crippen molar-refractivity contribution in [3.05, 3.63) is 0 Å². The number of nitrogens with one attached hydrogen (secondary N) is 1. The molecule has 0 bridgehead atoms. The molecule has 1 aliphatic rings. The Bertz CT molecular complexity index is 377. The molecule has 1 aliphatic heterocycles. The maximum Gasteiger partial charge on any atom is 0.409 e. The van der Waals surface area contributed by atoms with Crippen molar-refractivity contribution in [2.45, 2.75) is 90.2 Å². The molecule has 6 heteroatoms. The van der Waals surface area contributed by atoms with Gasteiger partial charge in [-0.15, -0.1) is 0 Å². The highest BCUT2D eigenvalue weighted by molar-refractivity contribution is 5.77. The average molecular weight is 356 g/mol. The number of unbranched alkanes of at least 4 members (excludes halogenated alkanes) is 7. The number of carbonyl (C=O) groups is 2. The minimum absolute atomic E-state index is 0.119. The largest absolute Gasteiger partial charge is 0.425 e. The van der Waals surface area contributed by atoms with Crippen molar-refractivity contribution in [1.29, 1.82) is 0 Å². The molecular formula is C19H37N3O3. The van der Waals surface area contributed by atoms with E-state index in [1.54, 1.807) is 4.90 Å². The molecule has 2 amide bonds. The Morgan fingerprint density at radius 2 is 1.80 bits per heavy atom. The summed E-state index contributed by atoms with van der Waals surface area (Å²) >= 11 is 0. The van der Waals surface area contributed by atoms with Crippen molar-refractivity contribution in [3.8, 4) is 0 Å². The van der Waals surface area contributed by atoms with E-state index in [9.17, 15) is 9.59 Å². The quantitative estimate of drug-likeness (QED) is 0.495. The molecule has 1 rings (SSSR count). The zero-order chi connectivity index (χ0) is 18.3. The molecule has 0 unspecified atom stereocenters. The molecule has 0 aromatic heterocycles. The zero-order valence-corrected chi connectivity index (χ0v) is 15.9. The third kappa shape index (κ3) is 9.68. The summed E-state index contributed by atoms with van der Waals surface area (Å²) < 4.78 is 5.44. The van der Waals surface area contributed by atoms with E-state index in [2.05, 4.69) is 12.2 Å². The van der Waals surface area contributed by atoms with Crippen LogP contribution in [0.3, 0.4) is 0 Å². The summed E-state index contributed by atoms with van der Waals surface area (Å²) in [6, 6.07) is 0. The summed E-state index contributed by atoms with van der Waals surface area (Å²) in [5, 5.41) is 2.76. The van der Waals surface area contributed by atoms with Crippen LogP contribution in [0.15, 0.2) is 0 Å². The Labute approximate surface area is 152 Å². The number of nitrogens with two attached hydrogens (primary N) is 1. The lowest BCUT2D eigenvalue weighted by Crippen LogP contribution is -2.40. The van der Waals surface area contributed by atoms with E-state index < -0.39 is 12.3 Å². The fourth-order valence-corrected chi connectivity index (χ4v) is 3.15. The third-order valence-corrected chi connectivity index (χ3v) is 4.66. The number of rotatable bonds is 13. The topological polar surface area (TPSA) is 84.7 Å². The van der Waals surface area contributed by atoms with Gasteiger partial charge in [0.05, 0.1) is 0 Å². The number of alkyl carbamates (subject to hydrolysis) is 1. The fraction of sp³-hybridized carbons (Fsp3) is 0.895. The van der Waals surface area contributed by atoms with Gasteiger partial charge in [0, 0.05) is 25.9 Å². The lowest BCUT2D eigenvalue weighted by atomic mass is 10.1. The fourth-order valence-electron chi connectivity index (χ4n) is 3.15. The van der Waals surface area contributed by atoms with Crippen LogP contribution in [-0.4, -0.2) is 42.8 Å². The van der Waals surface area contributed by atoms with Crippen molar-refractivity contribution in [1.82, 2.24) is 10.2 Å². The van der Waals surface area contributed by atoms with Gasteiger partial charge in [-0.25, -0.2) is 4.79 Å². The van der Waals surface area contributed by atoms with Crippen molar-refractivity contribution in [2.75, 3.05) is 19.6 Å². The molecule has 1 saturated heterocycles. The van der Waals surface area contributed by atoms with E-state index in [-0.39, 0.29) is 5.91 Å². The van der Waals surface area contributed by atoms with Crippen LogP contribution in [0.5, 0.6) is 0 Å². The number of ether oxygens (including phenoxy) is 1. The number of nitrogens with zero attached hydrogens (tertiary/aromatic N) is 1. The van der Waals surface area contributed by atoms with Crippen LogP contribution in [0.1, 0.15) is 84.0 Å². The summed E-state index contributed by atoms with van der Waals surface area (Å²) in [7, 11) is 0.